The lowest BCUT2D eigenvalue weighted by Crippen LogP contribution is -2.72. The maximum Gasteiger partial charge on any atom is 0.348 e. The normalized spacial score (nSPS) is 27.2. The Morgan fingerprint density at radius 3 is 2.31 bits per heavy atom. The summed E-state index contributed by atoms with van der Waals surface area (Å²) in [6, 6.07) is 12.7. The third-order valence-electron chi connectivity index (χ3n) is 12.0. The van der Waals surface area contributed by atoms with E-state index in [1.807, 2.05) is 49.1 Å². The third-order valence-corrected chi connectivity index (χ3v) is 12.0. The van der Waals surface area contributed by atoms with Gasteiger partial charge >= 0.3 is 11.9 Å². The number of aryl methyl sites for hydroxylation is 2. The number of rotatable bonds is 8. The van der Waals surface area contributed by atoms with Crippen molar-refractivity contribution in [3.8, 4) is 6.07 Å². The van der Waals surface area contributed by atoms with Gasteiger partial charge in [0.25, 0.3) is 0 Å². The molecule has 1 aromatic heterocycles. The second-order valence-electron chi connectivity index (χ2n) is 14.6. The summed E-state index contributed by atoms with van der Waals surface area (Å²) in [5, 5.41) is 16.3. The van der Waals surface area contributed by atoms with Crippen LogP contribution in [0.25, 0.3) is 0 Å². The van der Waals surface area contributed by atoms with Gasteiger partial charge in [0.1, 0.15) is 22.9 Å². The van der Waals surface area contributed by atoms with Gasteiger partial charge in [0, 0.05) is 63.8 Å². The van der Waals surface area contributed by atoms with E-state index >= 15 is 0 Å². The molecule has 0 aliphatic carbocycles. The van der Waals surface area contributed by atoms with Crippen LogP contribution in [0.2, 0.25) is 0 Å². The molecule has 4 aliphatic rings. The lowest BCUT2D eigenvalue weighted by atomic mass is 9.81. The van der Waals surface area contributed by atoms with Gasteiger partial charge in [-0.05, 0) is 69.8 Å². The van der Waals surface area contributed by atoms with Crippen LogP contribution in [0.3, 0.4) is 0 Å². The average molecular weight is 663 g/mol. The number of nitrogens with zero attached hydrogens (tertiary/aromatic N) is 5. The molecule has 5 heterocycles. The van der Waals surface area contributed by atoms with E-state index in [4.69, 9.17) is 0 Å². The molecule has 0 saturated carbocycles. The number of nitrogens with one attached hydrogen (secondary N) is 2. The van der Waals surface area contributed by atoms with E-state index in [0.29, 0.717) is 49.4 Å². The van der Waals surface area contributed by atoms with Crippen LogP contribution in [-0.4, -0.2) is 101 Å². The molecule has 2 aromatic rings. The fourth-order valence-electron chi connectivity index (χ4n) is 9.33. The van der Waals surface area contributed by atoms with Gasteiger partial charge in [0.05, 0.1) is 24.8 Å². The van der Waals surface area contributed by atoms with Crippen molar-refractivity contribution < 1.29 is 22.9 Å². The van der Waals surface area contributed by atoms with E-state index in [9.17, 15) is 23.6 Å². The number of piperidine rings is 3. The number of likely N-dealkylation sites (tertiary alicyclic amines) is 1. The van der Waals surface area contributed by atoms with E-state index < -0.39 is 12.5 Å². The number of pyridine rings is 1. The Labute approximate surface area is 283 Å². The zero-order valence-electron chi connectivity index (χ0n) is 28.6. The van der Waals surface area contributed by atoms with Crippen molar-refractivity contribution in [1.29, 1.82) is 5.26 Å². The van der Waals surface area contributed by atoms with E-state index in [0.717, 1.165) is 63.0 Å². The van der Waals surface area contributed by atoms with Gasteiger partial charge in [0.15, 0.2) is 0 Å². The zero-order valence-corrected chi connectivity index (χ0v) is 28.6. The molecule has 11 heteroatoms. The molecule has 0 radical (unpaired) electrons. The molecule has 9 nitrogen and oxygen atoms in total. The summed E-state index contributed by atoms with van der Waals surface area (Å²) in [5.74, 6) is 0.0722. The quantitative estimate of drug-likeness (QED) is 0.371. The number of halogens is 2. The van der Waals surface area contributed by atoms with Gasteiger partial charge in [0.2, 0.25) is 6.43 Å². The molecule has 6 rings (SSSR count). The molecule has 1 aromatic carbocycles. The summed E-state index contributed by atoms with van der Waals surface area (Å²) in [4.78, 5) is 37.7. The predicted octanol–water partition coefficient (Wildman–Crippen LogP) is 5.33. The standard InChI is InChI=1S/C37H50F2N7O2/c1-25-21-29(23-40)43-26(2)34(25)35(47)46(37(3)13-17-42-18-14-37)19-11-30(12-20-46)45-32(27-7-5-4-6-8-27)24-44(36(45)48)31(22-33(38)39)28-9-15-41-16-10-28/h4-8,21,28,30-33,41-42H,9-20,22,24H2,1-3H3/q+1/t30?,31-,32?,46?/m1/s1. The van der Waals surface area contributed by atoms with Crippen LogP contribution < -0.4 is 10.6 Å². The number of carbonyl (C=O) groups excluding carboxylic acids is 2. The van der Waals surface area contributed by atoms with Crippen LogP contribution in [0.4, 0.5) is 13.6 Å². The monoisotopic (exact) mass is 662 g/mol. The summed E-state index contributed by atoms with van der Waals surface area (Å²) in [6.07, 6.45) is 1.71. The molecular formula is C37H50F2N7O2+. The molecule has 1 unspecified atom stereocenters. The Balaban J connectivity index is 1.33. The average Bonchev–Trinajstić information content (AvgIpc) is 3.44. The Morgan fingerprint density at radius 1 is 1.06 bits per heavy atom. The van der Waals surface area contributed by atoms with Crippen molar-refractivity contribution in [2.24, 2.45) is 5.92 Å². The SMILES string of the molecule is Cc1cc(C#N)nc(C)c1C(=O)[N+]1(C2(C)CCNCC2)CCC(N2C(=O)N([C@H](CC(F)F)C3CCNCC3)CC2c2ccccc2)CC1. The summed E-state index contributed by atoms with van der Waals surface area (Å²) < 4.78 is 28.4. The minimum Gasteiger partial charge on any atom is -0.319 e. The maximum atomic E-state index is 14.9. The second kappa shape index (κ2) is 14.2. The molecule has 4 aliphatic heterocycles. The third kappa shape index (κ3) is 6.35. The van der Waals surface area contributed by atoms with Gasteiger partial charge in [-0.3, -0.25) is 4.48 Å². The van der Waals surface area contributed by atoms with Crippen LogP contribution in [0.5, 0.6) is 0 Å². The first-order valence-corrected chi connectivity index (χ1v) is 17.7. The molecule has 4 fully saturated rings. The molecule has 2 N–H and O–H groups in total. The van der Waals surface area contributed by atoms with Crippen molar-refractivity contribution in [2.45, 2.75) is 95.8 Å². The highest BCUT2D eigenvalue weighted by atomic mass is 19.3. The molecule has 48 heavy (non-hydrogen) atoms. The maximum absolute atomic E-state index is 14.9. The number of quaternary nitrogens is 1. The number of hydrogen-bond donors (Lipinski definition) is 2. The summed E-state index contributed by atoms with van der Waals surface area (Å²) in [5.41, 5.74) is 2.94. The van der Waals surface area contributed by atoms with Gasteiger partial charge < -0.3 is 20.4 Å². The predicted molar refractivity (Wildman–Crippen MR) is 179 cm³/mol. The Bertz CT molecular complexity index is 1490. The highest BCUT2D eigenvalue weighted by molar-refractivity contribution is 5.92. The second-order valence-corrected chi connectivity index (χ2v) is 14.6. The van der Waals surface area contributed by atoms with Crippen LogP contribution in [0, 0.1) is 31.1 Å². The fraction of sp³-hybridized carbons (Fsp3) is 0.622. The molecular weight excluding hydrogens is 612 g/mol. The van der Waals surface area contributed by atoms with E-state index in [2.05, 4.69) is 28.6 Å². The van der Waals surface area contributed by atoms with E-state index in [-0.39, 0.29) is 46.4 Å². The number of aromatic nitrogens is 1. The number of hydrogen-bond acceptors (Lipinski definition) is 6. The number of urea groups is 1. The van der Waals surface area contributed by atoms with Crippen molar-refractivity contribution in [2.75, 3.05) is 45.8 Å². The summed E-state index contributed by atoms with van der Waals surface area (Å²) in [7, 11) is 0. The highest BCUT2D eigenvalue weighted by Crippen LogP contribution is 2.44. The van der Waals surface area contributed by atoms with E-state index in [1.54, 1.807) is 11.0 Å². The molecule has 0 spiro atoms. The lowest BCUT2D eigenvalue weighted by molar-refractivity contribution is -0.907. The fourth-order valence-corrected chi connectivity index (χ4v) is 9.33. The first-order valence-electron chi connectivity index (χ1n) is 17.7. The zero-order chi connectivity index (χ0) is 34.1. The van der Waals surface area contributed by atoms with Gasteiger partial charge in [-0.15, -0.1) is 0 Å². The van der Waals surface area contributed by atoms with Crippen LogP contribution >= 0.6 is 0 Å². The Kier molecular flexibility index (Phi) is 10.2. The van der Waals surface area contributed by atoms with Gasteiger partial charge in [-0.25, -0.2) is 23.4 Å². The van der Waals surface area contributed by atoms with Crippen molar-refractivity contribution in [3.05, 3.63) is 64.5 Å². The summed E-state index contributed by atoms with van der Waals surface area (Å²) >= 11 is 0. The molecule has 4 saturated heterocycles. The van der Waals surface area contributed by atoms with Gasteiger partial charge in [-0.1, -0.05) is 30.3 Å². The number of nitriles is 1. The topological polar surface area (TPSA) is 101 Å². The first-order chi connectivity index (χ1) is 23.1. The van der Waals surface area contributed by atoms with Crippen molar-refractivity contribution in [1.82, 2.24) is 25.4 Å². The number of alkyl halides is 2. The Morgan fingerprint density at radius 2 is 1.71 bits per heavy atom. The first kappa shape index (κ1) is 34.4. The molecule has 3 amide bonds. The number of amides is 3. The van der Waals surface area contributed by atoms with E-state index in [1.165, 1.54) is 0 Å². The van der Waals surface area contributed by atoms with Crippen molar-refractivity contribution >= 4 is 11.9 Å². The van der Waals surface area contributed by atoms with Crippen LogP contribution in [0.1, 0.15) is 90.8 Å². The number of carbonyl (C=O) groups is 2. The minimum atomic E-state index is -2.49. The largest absolute Gasteiger partial charge is 0.348 e. The lowest BCUT2D eigenvalue weighted by Gasteiger charge is -2.55. The van der Waals surface area contributed by atoms with Gasteiger partial charge in [-0.2, -0.15) is 5.26 Å². The summed E-state index contributed by atoms with van der Waals surface area (Å²) in [6.45, 7) is 10.7. The molecule has 2 atom stereocenters. The van der Waals surface area contributed by atoms with Crippen molar-refractivity contribution in [3.63, 3.8) is 0 Å². The number of benzene rings is 1. The van der Waals surface area contributed by atoms with Crippen LogP contribution in [0.15, 0.2) is 36.4 Å². The smallest absolute Gasteiger partial charge is 0.319 e. The van der Waals surface area contributed by atoms with Crippen LogP contribution in [-0.2, 0) is 0 Å². The molecule has 258 valence electrons. The Hall–Kier alpha value is -3.46. The minimum absolute atomic E-state index is 0.0289. The molecule has 0 bridgehead atoms. The highest BCUT2D eigenvalue weighted by Gasteiger charge is 2.57.